The summed E-state index contributed by atoms with van der Waals surface area (Å²) in [6.07, 6.45) is 27.5. The average molecular weight is 586 g/mol. The molecule has 45 heavy (non-hydrogen) atoms. The highest BCUT2D eigenvalue weighted by molar-refractivity contribution is 6.09. The molecule has 0 aliphatic heterocycles. The van der Waals surface area contributed by atoms with Crippen LogP contribution in [-0.4, -0.2) is 29.1 Å². The quantitative estimate of drug-likeness (QED) is 0.186. The van der Waals surface area contributed by atoms with Gasteiger partial charge in [-0.1, -0.05) is 103 Å². The van der Waals surface area contributed by atoms with E-state index in [-0.39, 0.29) is 0 Å². The average Bonchev–Trinajstić information content (AvgIpc) is 3.43. The van der Waals surface area contributed by atoms with E-state index in [9.17, 15) is 0 Å². The zero-order valence-corrected chi connectivity index (χ0v) is 25.8. The van der Waals surface area contributed by atoms with Crippen LogP contribution in [0.1, 0.15) is 36.0 Å². The van der Waals surface area contributed by atoms with Crippen molar-refractivity contribution in [1.29, 1.82) is 0 Å². The van der Waals surface area contributed by atoms with Gasteiger partial charge in [0.15, 0.2) is 0 Å². The van der Waals surface area contributed by atoms with Gasteiger partial charge >= 0.3 is 0 Å². The molecule has 0 radical (unpaired) electrons. The Hall–Kier alpha value is -5.12. The molecule has 7 rings (SSSR count). The molecule has 2 aliphatic carbocycles. The van der Waals surface area contributed by atoms with Crippen LogP contribution in [0, 0.1) is 0 Å². The van der Waals surface area contributed by atoms with Crippen LogP contribution >= 0.6 is 0 Å². The predicted molar refractivity (Wildman–Crippen MR) is 195 cm³/mol. The monoisotopic (exact) mass is 585 g/mol. The molecular weight excluding hydrogens is 546 g/mol. The van der Waals surface area contributed by atoms with E-state index in [1.807, 2.05) is 0 Å². The Kier molecular flexibility index (Phi) is 8.43. The molecule has 1 unspecified atom stereocenters. The summed E-state index contributed by atoms with van der Waals surface area (Å²) in [5.74, 6) is 0. The van der Waals surface area contributed by atoms with Gasteiger partial charge in [-0.05, 0) is 91.6 Å². The van der Waals surface area contributed by atoms with E-state index in [4.69, 9.17) is 0 Å². The van der Waals surface area contributed by atoms with Gasteiger partial charge in [-0.25, -0.2) is 0 Å². The lowest BCUT2D eigenvalue weighted by Crippen LogP contribution is -2.30. The second kappa shape index (κ2) is 13.3. The maximum absolute atomic E-state index is 3.62. The van der Waals surface area contributed by atoms with Gasteiger partial charge in [0.05, 0.1) is 11.0 Å². The Morgan fingerprint density at radius 2 is 1.62 bits per heavy atom. The molecule has 3 heteroatoms. The number of aromatic nitrogens is 1. The van der Waals surface area contributed by atoms with Gasteiger partial charge in [0.2, 0.25) is 0 Å². The summed E-state index contributed by atoms with van der Waals surface area (Å²) < 4.78 is 2.35. The molecule has 222 valence electrons. The predicted octanol–water partition coefficient (Wildman–Crippen LogP) is 10.4. The van der Waals surface area contributed by atoms with Gasteiger partial charge in [-0.15, -0.1) is 0 Å². The number of fused-ring (bicyclic) bond motifs is 3. The van der Waals surface area contributed by atoms with Crippen LogP contribution in [0.25, 0.3) is 45.2 Å². The van der Waals surface area contributed by atoms with Crippen LogP contribution in [0.3, 0.4) is 0 Å². The molecule has 1 N–H and O–H groups in total. The summed E-state index contributed by atoms with van der Waals surface area (Å²) in [5.41, 5.74) is 9.77. The maximum atomic E-state index is 3.62. The number of rotatable bonds is 9. The highest BCUT2D eigenvalue weighted by Crippen LogP contribution is 2.34. The number of hydrogen-bond donors (Lipinski definition) is 1. The van der Waals surface area contributed by atoms with Gasteiger partial charge in [-0.2, -0.15) is 0 Å². The molecule has 5 aromatic rings. The first-order valence-electron chi connectivity index (χ1n) is 16.0. The summed E-state index contributed by atoms with van der Waals surface area (Å²) in [4.78, 5) is 2.39. The third-order valence-electron chi connectivity index (χ3n) is 8.86. The first-order chi connectivity index (χ1) is 22.2. The summed E-state index contributed by atoms with van der Waals surface area (Å²) in [5, 5.41) is 6.15. The van der Waals surface area contributed by atoms with Crippen LogP contribution in [0.15, 0.2) is 146 Å². The molecule has 0 saturated heterocycles. The maximum Gasteiger partial charge on any atom is 0.0541 e. The third kappa shape index (κ3) is 6.26. The van der Waals surface area contributed by atoms with Gasteiger partial charge in [0, 0.05) is 46.5 Å². The molecule has 1 aromatic heterocycles. The fourth-order valence-electron chi connectivity index (χ4n) is 6.45. The van der Waals surface area contributed by atoms with Crippen molar-refractivity contribution in [3.05, 3.63) is 162 Å². The zero-order valence-electron chi connectivity index (χ0n) is 25.8. The minimum Gasteiger partial charge on any atom is -0.361 e. The van der Waals surface area contributed by atoms with Crippen LogP contribution in [0.5, 0.6) is 0 Å². The van der Waals surface area contributed by atoms with Crippen molar-refractivity contribution in [2.45, 2.75) is 25.3 Å². The fourth-order valence-corrected chi connectivity index (χ4v) is 6.45. The molecule has 2 aliphatic rings. The molecule has 0 bridgehead atoms. The number of allylic oxidation sites excluding steroid dienone is 6. The van der Waals surface area contributed by atoms with E-state index < -0.39 is 0 Å². The van der Waals surface area contributed by atoms with Crippen molar-refractivity contribution < 1.29 is 0 Å². The molecule has 0 fully saturated rings. The summed E-state index contributed by atoms with van der Waals surface area (Å²) >= 11 is 0. The van der Waals surface area contributed by atoms with Crippen molar-refractivity contribution >= 4 is 45.2 Å². The number of hydrogen-bond acceptors (Lipinski definition) is 2. The van der Waals surface area contributed by atoms with Gasteiger partial charge < -0.3 is 9.88 Å². The molecule has 0 amide bonds. The van der Waals surface area contributed by atoms with Gasteiger partial charge in [-0.3, -0.25) is 4.90 Å². The topological polar surface area (TPSA) is 20.2 Å². The lowest BCUT2D eigenvalue weighted by Gasteiger charge is -2.24. The minimum absolute atomic E-state index is 0.468. The largest absolute Gasteiger partial charge is 0.361 e. The van der Waals surface area contributed by atoms with E-state index in [1.54, 1.807) is 0 Å². The second-order valence-corrected chi connectivity index (χ2v) is 11.9. The van der Waals surface area contributed by atoms with Crippen molar-refractivity contribution in [3.63, 3.8) is 0 Å². The molecule has 1 atom stereocenters. The van der Waals surface area contributed by atoms with Crippen LogP contribution < -0.4 is 5.32 Å². The van der Waals surface area contributed by atoms with Crippen molar-refractivity contribution in [3.8, 4) is 5.69 Å². The first-order valence-corrected chi connectivity index (χ1v) is 16.0. The van der Waals surface area contributed by atoms with Crippen molar-refractivity contribution in [1.82, 2.24) is 9.47 Å². The van der Waals surface area contributed by atoms with Crippen molar-refractivity contribution in [2.75, 3.05) is 18.9 Å². The smallest absolute Gasteiger partial charge is 0.0541 e. The summed E-state index contributed by atoms with van der Waals surface area (Å²) in [6.45, 7) is 0.917. The fraction of sp³-hybridized carbons (Fsp3) is 0.143. The normalized spacial score (nSPS) is 16.5. The number of benzene rings is 4. The Labute approximate surface area is 266 Å². The van der Waals surface area contributed by atoms with E-state index in [0.717, 1.165) is 31.5 Å². The number of para-hydroxylation sites is 2. The number of anilines is 1. The highest BCUT2D eigenvalue weighted by Gasteiger charge is 2.13. The second-order valence-electron chi connectivity index (χ2n) is 11.9. The standard InChI is InChI=1S/C42H39N3/c1-44(35-17-7-3-8-18-35)29-13-14-32-23-25-40(38(30-32)34-15-5-2-6-16-34)43-28-27-33-24-26-42-39(31-33)37-21-11-12-22-41(37)45(42)36-19-9-4-10-20-36/h2-5,7-15,17,19-28,30-31,35,43H,6,16,18,29H2,1H3/b14-13+,28-27+. The van der Waals surface area contributed by atoms with Crippen LogP contribution in [0.4, 0.5) is 5.69 Å². The lowest BCUT2D eigenvalue weighted by atomic mass is 9.94. The third-order valence-corrected chi connectivity index (χ3v) is 8.86. The van der Waals surface area contributed by atoms with Crippen molar-refractivity contribution in [2.24, 2.45) is 0 Å². The van der Waals surface area contributed by atoms with E-state index in [0.29, 0.717) is 6.04 Å². The Bertz CT molecular complexity index is 2000. The van der Waals surface area contributed by atoms with E-state index >= 15 is 0 Å². The highest BCUT2D eigenvalue weighted by atomic mass is 15.1. The van der Waals surface area contributed by atoms with Crippen LogP contribution in [0.2, 0.25) is 0 Å². The Balaban J connectivity index is 1.13. The molecule has 0 saturated carbocycles. The molecule has 0 spiro atoms. The van der Waals surface area contributed by atoms with E-state index in [1.165, 1.54) is 49.8 Å². The molecule has 1 heterocycles. The molecular formula is C42H39N3. The number of nitrogens with one attached hydrogen (secondary N) is 1. The Morgan fingerprint density at radius 3 is 2.47 bits per heavy atom. The van der Waals surface area contributed by atoms with Crippen LogP contribution in [-0.2, 0) is 0 Å². The summed E-state index contributed by atoms with van der Waals surface area (Å²) in [6, 6.07) is 33.3. The SMILES string of the molecule is CN(C/C=C/c1ccc(N/C=C/c2ccc3c(c2)c2ccccc2n3-c2ccccc2)c(C2=CC=CCC2)c1)C1C=CC=CC1. The molecule has 4 aromatic carbocycles. The first kappa shape index (κ1) is 28.6. The summed E-state index contributed by atoms with van der Waals surface area (Å²) in [7, 11) is 2.20. The number of nitrogens with zero attached hydrogens (tertiary/aromatic N) is 2. The lowest BCUT2D eigenvalue weighted by molar-refractivity contribution is 0.312. The van der Waals surface area contributed by atoms with Gasteiger partial charge in [0.25, 0.3) is 0 Å². The zero-order chi connectivity index (χ0) is 30.4. The van der Waals surface area contributed by atoms with E-state index in [2.05, 4.69) is 180 Å². The molecule has 3 nitrogen and oxygen atoms in total. The van der Waals surface area contributed by atoms with Gasteiger partial charge in [0.1, 0.15) is 0 Å². The number of likely N-dealkylation sites (N-methyl/N-ethyl adjacent to an activating group) is 1. The minimum atomic E-state index is 0.468. The Morgan fingerprint density at radius 1 is 0.800 bits per heavy atom.